The lowest BCUT2D eigenvalue weighted by Crippen LogP contribution is -2.42. The summed E-state index contributed by atoms with van der Waals surface area (Å²) in [5, 5.41) is 5.61. The van der Waals surface area contributed by atoms with Crippen LogP contribution >= 0.6 is 0 Å². The van der Waals surface area contributed by atoms with Gasteiger partial charge in [0.25, 0.3) is 0 Å². The smallest absolute Gasteiger partial charge is 0.313 e. The van der Waals surface area contributed by atoms with Crippen molar-refractivity contribution in [1.82, 2.24) is 5.32 Å². The molecule has 1 aromatic carbocycles. The molecule has 1 fully saturated rings. The van der Waals surface area contributed by atoms with Crippen LogP contribution in [0.3, 0.4) is 0 Å². The largest absolute Gasteiger partial charge is 0.345 e. The van der Waals surface area contributed by atoms with Gasteiger partial charge in [0.1, 0.15) is 0 Å². The maximum atomic E-state index is 12.1. The van der Waals surface area contributed by atoms with Gasteiger partial charge >= 0.3 is 11.8 Å². The summed E-state index contributed by atoms with van der Waals surface area (Å²) in [4.78, 5) is 24.2. The van der Waals surface area contributed by atoms with Crippen molar-refractivity contribution in [2.45, 2.75) is 64.3 Å². The molecular formula is C18H26N2O2. The van der Waals surface area contributed by atoms with E-state index in [4.69, 9.17) is 0 Å². The van der Waals surface area contributed by atoms with Crippen molar-refractivity contribution in [1.29, 1.82) is 0 Å². The third-order valence-corrected chi connectivity index (χ3v) is 4.50. The number of carbonyl (C=O) groups is 2. The van der Waals surface area contributed by atoms with Crippen molar-refractivity contribution in [3.05, 3.63) is 29.8 Å². The van der Waals surface area contributed by atoms with Gasteiger partial charge in [-0.15, -0.1) is 0 Å². The van der Waals surface area contributed by atoms with Gasteiger partial charge < -0.3 is 10.6 Å². The van der Waals surface area contributed by atoms with Gasteiger partial charge in [0.05, 0.1) is 0 Å². The van der Waals surface area contributed by atoms with Crippen LogP contribution in [0.15, 0.2) is 24.3 Å². The van der Waals surface area contributed by atoms with E-state index in [1.54, 1.807) is 0 Å². The summed E-state index contributed by atoms with van der Waals surface area (Å²) < 4.78 is 0. The van der Waals surface area contributed by atoms with E-state index in [-0.39, 0.29) is 6.04 Å². The first-order valence-corrected chi connectivity index (χ1v) is 8.32. The molecule has 120 valence electrons. The van der Waals surface area contributed by atoms with Gasteiger partial charge in [0.15, 0.2) is 0 Å². The number of carbonyl (C=O) groups excluding carboxylic acids is 2. The Balaban J connectivity index is 1.97. The lowest BCUT2D eigenvalue weighted by molar-refractivity contribution is -0.136. The second-order valence-electron chi connectivity index (χ2n) is 6.16. The Morgan fingerprint density at radius 3 is 2.50 bits per heavy atom. The first kappa shape index (κ1) is 16.5. The molecule has 0 heterocycles. The number of hydrogen-bond acceptors (Lipinski definition) is 2. The van der Waals surface area contributed by atoms with E-state index in [2.05, 4.69) is 24.5 Å². The van der Waals surface area contributed by atoms with E-state index in [0.29, 0.717) is 5.92 Å². The lowest BCUT2D eigenvalue weighted by atomic mass is 9.95. The minimum absolute atomic E-state index is 0.150. The van der Waals surface area contributed by atoms with Crippen LogP contribution in [0.5, 0.6) is 0 Å². The summed E-state index contributed by atoms with van der Waals surface area (Å²) >= 11 is 0. The number of benzene rings is 1. The predicted molar refractivity (Wildman–Crippen MR) is 88.8 cm³/mol. The molecule has 0 spiro atoms. The molecule has 0 bridgehead atoms. The zero-order valence-electron chi connectivity index (χ0n) is 13.5. The summed E-state index contributed by atoms with van der Waals surface area (Å²) in [7, 11) is 0. The molecular weight excluding hydrogens is 276 g/mol. The predicted octanol–water partition coefficient (Wildman–Crippen LogP) is 3.59. The fourth-order valence-corrected chi connectivity index (χ4v) is 2.94. The Labute approximate surface area is 132 Å². The monoisotopic (exact) mass is 302 g/mol. The first-order valence-electron chi connectivity index (χ1n) is 8.32. The topological polar surface area (TPSA) is 58.2 Å². The maximum absolute atomic E-state index is 12.1. The second kappa shape index (κ2) is 7.97. The van der Waals surface area contributed by atoms with Gasteiger partial charge in [0, 0.05) is 11.7 Å². The Kier molecular flexibility index (Phi) is 5.99. The second-order valence-corrected chi connectivity index (χ2v) is 6.16. The highest BCUT2D eigenvalue weighted by atomic mass is 16.2. The van der Waals surface area contributed by atoms with E-state index in [0.717, 1.165) is 43.4 Å². The molecule has 4 nitrogen and oxygen atoms in total. The molecule has 1 aliphatic rings. The Morgan fingerprint density at radius 2 is 1.82 bits per heavy atom. The van der Waals surface area contributed by atoms with E-state index in [9.17, 15) is 9.59 Å². The zero-order chi connectivity index (χ0) is 15.9. The molecule has 1 aliphatic carbocycles. The van der Waals surface area contributed by atoms with E-state index >= 15 is 0 Å². The average Bonchev–Trinajstić information content (AvgIpc) is 2.55. The number of hydrogen-bond donors (Lipinski definition) is 2. The van der Waals surface area contributed by atoms with E-state index in [1.165, 1.54) is 6.42 Å². The number of rotatable bonds is 4. The molecule has 1 aromatic rings. The zero-order valence-corrected chi connectivity index (χ0v) is 13.5. The molecule has 1 saturated carbocycles. The molecule has 0 saturated heterocycles. The van der Waals surface area contributed by atoms with Crippen LogP contribution in [-0.4, -0.2) is 17.9 Å². The van der Waals surface area contributed by atoms with Gasteiger partial charge in [-0.1, -0.05) is 51.3 Å². The summed E-state index contributed by atoms with van der Waals surface area (Å²) in [6.45, 7) is 4.23. The molecule has 0 aromatic heterocycles. The summed E-state index contributed by atoms with van der Waals surface area (Å²) in [5.74, 6) is -0.745. The molecule has 2 amide bonds. The van der Waals surface area contributed by atoms with Crippen LogP contribution in [0.2, 0.25) is 0 Å². The summed E-state index contributed by atoms with van der Waals surface area (Å²) in [5.41, 5.74) is 1.81. The first-order chi connectivity index (χ1) is 10.6. The van der Waals surface area contributed by atoms with Crippen molar-refractivity contribution < 1.29 is 9.59 Å². The number of nitrogens with one attached hydrogen (secondary N) is 2. The highest BCUT2D eigenvalue weighted by molar-refractivity contribution is 6.39. The third kappa shape index (κ3) is 4.33. The minimum atomic E-state index is -0.568. The van der Waals surface area contributed by atoms with Crippen LogP contribution < -0.4 is 10.6 Å². The van der Waals surface area contributed by atoms with Crippen molar-refractivity contribution in [2.24, 2.45) is 0 Å². The quantitative estimate of drug-likeness (QED) is 0.835. The molecule has 0 radical (unpaired) electrons. The summed E-state index contributed by atoms with van der Waals surface area (Å²) in [6.07, 6.45) is 6.42. The maximum Gasteiger partial charge on any atom is 0.313 e. The highest BCUT2D eigenvalue weighted by Gasteiger charge is 2.21. The molecule has 1 atom stereocenters. The molecule has 2 rings (SSSR count). The highest BCUT2D eigenvalue weighted by Crippen LogP contribution is 2.26. The van der Waals surface area contributed by atoms with Crippen molar-refractivity contribution >= 4 is 17.5 Å². The van der Waals surface area contributed by atoms with E-state index in [1.807, 2.05) is 24.3 Å². The molecule has 2 N–H and O–H groups in total. The lowest BCUT2D eigenvalue weighted by Gasteiger charge is -2.22. The van der Waals surface area contributed by atoms with Gasteiger partial charge in [-0.3, -0.25) is 9.59 Å². The molecule has 22 heavy (non-hydrogen) atoms. The van der Waals surface area contributed by atoms with E-state index < -0.39 is 11.8 Å². The summed E-state index contributed by atoms with van der Waals surface area (Å²) in [6, 6.07) is 7.84. The van der Waals surface area contributed by atoms with Crippen LogP contribution in [0, 0.1) is 0 Å². The normalized spacial score (nSPS) is 16.8. The number of anilines is 1. The number of amides is 2. The van der Waals surface area contributed by atoms with Crippen LogP contribution in [-0.2, 0) is 9.59 Å². The average molecular weight is 302 g/mol. The molecule has 0 aliphatic heterocycles. The van der Waals surface area contributed by atoms with Crippen molar-refractivity contribution in [2.75, 3.05) is 5.32 Å². The standard InChI is InChI=1S/C18H26N2O2/c1-3-13(2)15-11-7-8-12-16(15)20-18(22)17(21)19-14-9-5-4-6-10-14/h7-8,11-14H,3-6,9-10H2,1-2H3,(H,19,21)(H,20,22). The van der Waals surface area contributed by atoms with Gasteiger partial charge in [0.2, 0.25) is 0 Å². The Hall–Kier alpha value is -1.84. The van der Waals surface area contributed by atoms with Gasteiger partial charge in [-0.05, 0) is 36.8 Å². The SMILES string of the molecule is CCC(C)c1ccccc1NC(=O)C(=O)NC1CCCCC1. The minimum Gasteiger partial charge on any atom is -0.345 e. The fraction of sp³-hybridized carbons (Fsp3) is 0.556. The van der Waals surface area contributed by atoms with Gasteiger partial charge in [-0.2, -0.15) is 0 Å². The number of para-hydroxylation sites is 1. The molecule has 1 unspecified atom stereocenters. The van der Waals surface area contributed by atoms with Gasteiger partial charge in [-0.25, -0.2) is 0 Å². The fourth-order valence-electron chi connectivity index (χ4n) is 2.94. The Bertz CT molecular complexity index is 522. The Morgan fingerprint density at radius 1 is 1.14 bits per heavy atom. The van der Waals surface area contributed by atoms with Crippen molar-refractivity contribution in [3.63, 3.8) is 0 Å². The molecule has 4 heteroatoms. The van der Waals surface area contributed by atoms with Crippen LogP contribution in [0.25, 0.3) is 0 Å². The third-order valence-electron chi connectivity index (χ3n) is 4.50. The van der Waals surface area contributed by atoms with Crippen LogP contribution in [0.4, 0.5) is 5.69 Å². The van der Waals surface area contributed by atoms with Crippen LogP contribution in [0.1, 0.15) is 63.9 Å². The van der Waals surface area contributed by atoms with Crippen molar-refractivity contribution in [3.8, 4) is 0 Å².